The molecule has 0 bridgehead atoms. The van der Waals surface area contributed by atoms with E-state index >= 15 is 0 Å². The van der Waals surface area contributed by atoms with E-state index in [0.29, 0.717) is 0 Å². The van der Waals surface area contributed by atoms with Crippen molar-refractivity contribution in [2.45, 2.75) is 39.5 Å². The van der Waals surface area contributed by atoms with Crippen molar-refractivity contribution in [1.29, 1.82) is 5.26 Å². The van der Waals surface area contributed by atoms with E-state index in [0.717, 1.165) is 19.5 Å². The zero-order valence-electron chi connectivity index (χ0n) is 12.0. The van der Waals surface area contributed by atoms with Crippen LogP contribution in [-0.2, 0) is 5.41 Å². The van der Waals surface area contributed by atoms with Gasteiger partial charge >= 0.3 is 0 Å². The number of benzene rings is 1. The van der Waals surface area contributed by atoms with E-state index in [4.69, 9.17) is 5.26 Å². The predicted octanol–water partition coefficient (Wildman–Crippen LogP) is 3.41. The molecule has 0 heterocycles. The van der Waals surface area contributed by atoms with E-state index < -0.39 is 0 Å². The zero-order chi connectivity index (χ0) is 13.6. The minimum absolute atomic E-state index is 0.0970. The quantitative estimate of drug-likeness (QED) is 0.832. The van der Waals surface area contributed by atoms with E-state index in [1.54, 1.807) is 0 Å². The fraction of sp³-hybridized carbons (Fsp3) is 0.562. The Bertz CT molecular complexity index is 415. The third kappa shape index (κ3) is 4.16. The van der Waals surface area contributed by atoms with Crippen LogP contribution < -0.4 is 5.32 Å². The molecule has 1 atom stereocenters. The Morgan fingerprint density at radius 2 is 2.11 bits per heavy atom. The summed E-state index contributed by atoms with van der Waals surface area (Å²) in [5.74, 6) is 0.123. The molecule has 0 fully saturated rings. The molecule has 0 radical (unpaired) electrons. The van der Waals surface area contributed by atoms with Crippen molar-refractivity contribution in [2.75, 3.05) is 13.1 Å². The van der Waals surface area contributed by atoms with Gasteiger partial charge in [-0.15, -0.1) is 0 Å². The number of hydrogen-bond acceptors (Lipinski definition) is 2. The molecule has 1 aromatic rings. The van der Waals surface area contributed by atoms with Crippen LogP contribution in [0.3, 0.4) is 0 Å². The van der Waals surface area contributed by atoms with Crippen molar-refractivity contribution < 1.29 is 0 Å². The first-order valence-electron chi connectivity index (χ1n) is 6.67. The van der Waals surface area contributed by atoms with Gasteiger partial charge in [0.2, 0.25) is 0 Å². The number of nitrogens with zero attached hydrogens (tertiary/aromatic N) is 1. The van der Waals surface area contributed by atoms with E-state index in [2.05, 4.69) is 63.3 Å². The van der Waals surface area contributed by atoms with Crippen LogP contribution in [0.25, 0.3) is 0 Å². The van der Waals surface area contributed by atoms with Crippen molar-refractivity contribution in [3.05, 3.63) is 35.4 Å². The van der Waals surface area contributed by atoms with Gasteiger partial charge in [-0.1, -0.05) is 50.6 Å². The molecule has 98 valence electrons. The van der Waals surface area contributed by atoms with Gasteiger partial charge in [-0.3, -0.25) is 0 Å². The first-order valence-corrected chi connectivity index (χ1v) is 6.67. The summed E-state index contributed by atoms with van der Waals surface area (Å²) in [6.07, 6.45) is 0.911. The molecule has 0 aliphatic heterocycles. The van der Waals surface area contributed by atoms with E-state index in [9.17, 15) is 0 Å². The topological polar surface area (TPSA) is 35.8 Å². The second-order valence-corrected chi connectivity index (χ2v) is 5.62. The van der Waals surface area contributed by atoms with Crippen LogP contribution >= 0.6 is 0 Å². The van der Waals surface area contributed by atoms with E-state index in [-0.39, 0.29) is 11.3 Å². The molecule has 0 spiro atoms. The van der Waals surface area contributed by atoms with Crippen LogP contribution in [0.2, 0.25) is 0 Å². The molecule has 0 amide bonds. The van der Waals surface area contributed by atoms with Crippen LogP contribution in [0.1, 0.15) is 38.3 Å². The highest BCUT2D eigenvalue weighted by molar-refractivity contribution is 5.28. The summed E-state index contributed by atoms with van der Waals surface area (Å²) in [4.78, 5) is 0. The molecule has 1 unspecified atom stereocenters. The standard InChI is InChI=1S/C16H24N2/c1-5-14(10-17)11-18-12-16(3,4)15-8-6-7-13(2)9-15/h6-9,14,18H,5,11-12H2,1-4H3. The molecule has 0 saturated heterocycles. The zero-order valence-corrected chi connectivity index (χ0v) is 12.0. The lowest BCUT2D eigenvalue weighted by atomic mass is 9.84. The van der Waals surface area contributed by atoms with E-state index in [1.165, 1.54) is 11.1 Å². The Balaban J connectivity index is 2.57. The number of nitrogens with one attached hydrogen (secondary N) is 1. The fourth-order valence-electron chi connectivity index (χ4n) is 2.01. The minimum atomic E-state index is 0.0970. The first kappa shape index (κ1) is 14.7. The molecule has 1 rings (SSSR count). The number of rotatable bonds is 6. The van der Waals surface area contributed by atoms with Gasteiger partial charge in [0, 0.05) is 18.5 Å². The smallest absolute Gasteiger partial charge is 0.0669 e. The molecular formula is C16H24N2. The summed E-state index contributed by atoms with van der Waals surface area (Å²) in [5, 5.41) is 12.3. The Labute approximate surface area is 111 Å². The Kier molecular flexibility index (Phi) is 5.37. The van der Waals surface area contributed by atoms with Crippen LogP contribution in [0.4, 0.5) is 0 Å². The van der Waals surface area contributed by atoms with Gasteiger partial charge in [0.15, 0.2) is 0 Å². The summed E-state index contributed by atoms with van der Waals surface area (Å²) < 4.78 is 0. The number of nitriles is 1. The third-order valence-electron chi connectivity index (χ3n) is 3.43. The average molecular weight is 244 g/mol. The molecule has 2 heteroatoms. The molecule has 2 nitrogen and oxygen atoms in total. The lowest BCUT2D eigenvalue weighted by molar-refractivity contribution is 0.444. The van der Waals surface area contributed by atoms with Crippen LogP contribution in [0.15, 0.2) is 24.3 Å². The van der Waals surface area contributed by atoms with Crippen molar-refractivity contribution in [3.8, 4) is 6.07 Å². The second kappa shape index (κ2) is 6.56. The lowest BCUT2D eigenvalue weighted by Gasteiger charge is -2.26. The molecule has 0 aliphatic rings. The summed E-state index contributed by atoms with van der Waals surface area (Å²) in [6.45, 7) is 10.3. The maximum atomic E-state index is 8.92. The van der Waals surface area contributed by atoms with Gasteiger partial charge < -0.3 is 5.32 Å². The molecular weight excluding hydrogens is 220 g/mol. The fourth-order valence-corrected chi connectivity index (χ4v) is 2.01. The normalized spacial score (nSPS) is 13.1. The van der Waals surface area contributed by atoms with Crippen molar-refractivity contribution in [3.63, 3.8) is 0 Å². The van der Waals surface area contributed by atoms with Crippen molar-refractivity contribution in [2.24, 2.45) is 5.92 Å². The Morgan fingerprint density at radius 1 is 1.39 bits per heavy atom. The predicted molar refractivity (Wildman–Crippen MR) is 76.5 cm³/mol. The molecule has 18 heavy (non-hydrogen) atoms. The first-order chi connectivity index (χ1) is 8.49. The minimum Gasteiger partial charge on any atom is -0.315 e. The van der Waals surface area contributed by atoms with Gasteiger partial charge in [-0.2, -0.15) is 5.26 Å². The maximum absolute atomic E-state index is 8.92. The highest BCUT2D eigenvalue weighted by Gasteiger charge is 2.20. The van der Waals surface area contributed by atoms with Gasteiger partial charge in [0.1, 0.15) is 0 Å². The molecule has 1 aromatic carbocycles. The largest absolute Gasteiger partial charge is 0.315 e. The maximum Gasteiger partial charge on any atom is 0.0669 e. The Hall–Kier alpha value is -1.33. The summed E-state index contributed by atoms with van der Waals surface area (Å²) in [7, 11) is 0. The van der Waals surface area contributed by atoms with Gasteiger partial charge in [0.05, 0.1) is 12.0 Å². The monoisotopic (exact) mass is 244 g/mol. The average Bonchev–Trinajstić information content (AvgIpc) is 2.34. The van der Waals surface area contributed by atoms with Crippen LogP contribution in [0.5, 0.6) is 0 Å². The van der Waals surface area contributed by atoms with Crippen LogP contribution in [0, 0.1) is 24.2 Å². The molecule has 0 aliphatic carbocycles. The SMILES string of the molecule is CCC(C#N)CNCC(C)(C)c1cccc(C)c1. The highest BCUT2D eigenvalue weighted by atomic mass is 14.9. The van der Waals surface area contributed by atoms with Gasteiger partial charge in [-0.05, 0) is 18.9 Å². The van der Waals surface area contributed by atoms with Crippen LogP contribution in [-0.4, -0.2) is 13.1 Å². The van der Waals surface area contributed by atoms with Crippen molar-refractivity contribution in [1.82, 2.24) is 5.32 Å². The van der Waals surface area contributed by atoms with Gasteiger partial charge in [-0.25, -0.2) is 0 Å². The van der Waals surface area contributed by atoms with Gasteiger partial charge in [0.25, 0.3) is 0 Å². The third-order valence-corrected chi connectivity index (χ3v) is 3.43. The lowest BCUT2D eigenvalue weighted by Crippen LogP contribution is -2.35. The number of hydrogen-bond donors (Lipinski definition) is 1. The second-order valence-electron chi connectivity index (χ2n) is 5.62. The Morgan fingerprint density at radius 3 is 2.67 bits per heavy atom. The van der Waals surface area contributed by atoms with E-state index in [1.807, 2.05) is 0 Å². The molecule has 0 aromatic heterocycles. The molecule has 1 N–H and O–H groups in total. The molecule has 0 saturated carbocycles. The van der Waals surface area contributed by atoms with Crippen molar-refractivity contribution >= 4 is 0 Å². The highest BCUT2D eigenvalue weighted by Crippen LogP contribution is 2.23. The number of aryl methyl sites for hydroxylation is 1. The summed E-state index contributed by atoms with van der Waals surface area (Å²) in [5.41, 5.74) is 2.74. The summed E-state index contributed by atoms with van der Waals surface area (Å²) in [6, 6.07) is 11.0. The summed E-state index contributed by atoms with van der Waals surface area (Å²) >= 11 is 0.